The topological polar surface area (TPSA) is 41.6 Å². The second-order valence-corrected chi connectivity index (χ2v) is 8.39. The third-order valence-corrected chi connectivity index (χ3v) is 6.04. The van der Waals surface area contributed by atoms with Crippen molar-refractivity contribution in [3.05, 3.63) is 87.7 Å². The van der Waals surface area contributed by atoms with Crippen LogP contribution in [-0.4, -0.2) is 31.3 Å². The Kier molecular flexibility index (Phi) is 8.24. The van der Waals surface area contributed by atoms with E-state index in [1.165, 1.54) is 16.0 Å². The molecule has 2 aromatic rings. The van der Waals surface area contributed by atoms with Gasteiger partial charge in [-0.1, -0.05) is 61.2 Å². The lowest BCUT2D eigenvalue weighted by Gasteiger charge is -2.31. The molecule has 0 aliphatic carbocycles. The lowest BCUT2D eigenvalue weighted by atomic mass is 9.83. The first-order valence-corrected chi connectivity index (χ1v) is 10.3. The fourth-order valence-corrected chi connectivity index (χ4v) is 4.81. The van der Waals surface area contributed by atoms with Crippen LogP contribution in [0.25, 0.3) is 5.57 Å². The first-order chi connectivity index (χ1) is 13.5. The van der Waals surface area contributed by atoms with E-state index in [2.05, 4.69) is 60.4 Å². The van der Waals surface area contributed by atoms with Gasteiger partial charge < -0.3 is 10.6 Å². The van der Waals surface area contributed by atoms with Gasteiger partial charge in [0.05, 0.1) is 4.34 Å². The van der Waals surface area contributed by atoms with Crippen LogP contribution in [0.3, 0.4) is 0 Å². The highest BCUT2D eigenvalue weighted by molar-refractivity contribution is 7.16. The number of rotatable bonds is 4. The maximum atomic E-state index is 6.30. The molecule has 0 amide bonds. The van der Waals surface area contributed by atoms with Gasteiger partial charge in [0.2, 0.25) is 0 Å². The summed E-state index contributed by atoms with van der Waals surface area (Å²) in [6.45, 7) is 10.6. The third kappa shape index (κ3) is 5.02. The number of aliphatic imine (C=N–C) groups is 1. The minimum absolute atomic E-state index is 0.290. The molecule has 0 spiro atoms. The SMILES string of the molecule is C=CC=C.CN=C(C)/C(=C\N)c1ccccc1C1CN(C)Cc2sc(Cl)cc21. The van der Waals surface area contributed by atoms with Crippen molar-refractivity contribution in [1.82, 2.24) is 4.90 Å². The molecule has 3 rings (SSSR count). The van der Waals surface area contributed by atoms with E-state index in [0.29, 0.717) is 5.92 Å². The second kappa shape index (κ2) is 10.4. The molecule has 0 radical (unpaired) electrons. The molecule has 5 heteroatoms. The molecule has 1 aliphatic heterocycles. The monoisotopic (exact) mass is 413 g/mol. The van der Waals surface area contributed by atoms with Crippen LogP contribution in [0.2, 0.25) is 4.34 Å². The van der Waals surface area contributed by atoms with E-state index < -0.39 is 0 Å². The van der Waals surface area contributed by atoms with Crippen LogP contribution in [0, 0.1) is 0 Å². The number of nitrogens with two attached hydrogens (primary N) is 1. The Morgan fingerprint density at radius 3 is 2.57 bits per heavy atom. The quantitative estimate of drug-likeness (QED) is 0.513. The number of allylic oxidation sites excluding steroid dienone is 3. The van der Waals surface area contributed by atoms with Gasteiger partial charge in [-0.15, -0.1) is 11.3 Å². The van der Waals surface area contributed by atoms with E-state index in [0.717, 1.165) is 34.3 Å². The van der Waals surface area contributed by atoms with Crippen LogP contribution in [-0.2, 0) is 6.54 Å². The highest BCUT2D eigenvalue weighted by atomic mass is 35.5. The normalized spacial score (nSPS) is 17.4. The van der Waals surface area contributed by atoms with E-state index in [4.69, 9.17) is 17.3 Å². The van der Waals surface area contributed by atoms with Crippen molar-refractivity contribution in [3.63, 3.8) is 0 Å². The van der Waals surface area contributed by atoms with E-state index in [1.54, 1.807) is 36.7 Å². The zero-order valence-electron chi connectivity index (χ0n) is 16.8. The molecule has 0 fully saturated rings. The summed E-state index contributed by atoms with van der Waals surface area (Å²) in [6, 6.07) is 10.6. The average Bonchev–Trinajstić information content (AvgIpc) is 3.08. The van der Waals surface area contributed by atoms with Gasteiger partial charge in [0, 0.05) is 48.4 Å². The van der Waals surface area contributed by atoms with Crippen LogP contribution in [0.5, 0.6) is 0 Å². The van der Waals surface area contributed by atoms with Gasteiger partial charge in [0.1, 0.15) is 0 Å². The van der Waals surface area contributed by atoms with E-state index in [-0.39, 0.29) is 0 Å². The first kappa shape index (κ1) is 22.2. The van der Waals surface area contributed by atoms with Crippen molar-refractivity contribution >= 4 is 34.2 Å². The molecule has 1 aromatic carbocycles. The van der Waals surface area contributed by atoms with Gasteiger partial charge in [-0.2, -0.15) is 0 Å². The summed E-state index contributed by atoms with van der Waals surface area (Å²) in [7, 11) is 3.96. The number of hydrogen-bond donors (Lipinski definition) is 1. The highest BCUT2D eigenvalue weighted by Crippen LogP contribution is 2.41. The molecule has 0 saturated carbocycles. The fraction of sp³-hybridized carbons (Fsp3) is 0.261. The number of halogens is 1. The molecule has 1 unspecified atom stereocenters. The van der Waals surface area contributed by atoms with Crippen molar-refractivity contribution in [2.24, 2.45) is 10.7 Å². The number of hydrogen-bond acceptors (Lipinski definition) is 4. The number of fused-ring (bicyclic) bond motifs is 1. The summed E-state index contributed by atoms with van der Waals surface area (Å²) in [4.78, 5) is 8.03. The smallest absolute Gasteiger partial charge is 0.0934 e. The van der Waals surface area contributed by atoms with Gasteiger partial charge >= 0.3 is 0 Å². The molecular weight excluding hydrogens is 386 g/mol. The van der Waals surface area contributed by atoms with Crippen LogP contribution >= 0.6 is 22.9 Å². The molecule has 3 nitrogen and oxygen atoms in total. The van der Waals surface area contributed by atoms with Crippen molar-refractivity contribution in [3.8, 4) is 0 Å². The van der Waals surface area contributed by atoms with Crippen molar-refractivity contribution in [1.29, 1.82) is 0 Å². The third-order valence-electron chi connectivity index (χ3n) is 4.78. The van der Waals surface area contributed by atoms with Crippen molar-refractivity contribution in [2.75, 3.05) is 20.6 Å². The molecule has 2 N–H and O–H groups in total. The Hall–Kier alpha value is -2.14. The Bertz CT molecular complexity index is 889. The number of thiophene rings is 1. The maximum Gasteiger partial charge on any atom is 0.0934 e. The molecule has 2 heterocycles. The minimum Gasteiger partial charge on any atom is -0.404 e. The first-order valence-electron chi connectivity index (χ1n) is 9.11. The Morgan fingerprint density at radius 2 is 1.96 bits per heavy atom. The van der Waals surface area contributed by atoms with Crippen LogP contribution in [0.15, 0.2) is 66.8 Å². The molecule has 148 valence electrons. The van der Waals surface area contributed by atoms with Crippen molar-refractivity contribution < 1.29 is 0 Å². The van der Waals surface area contributed by atoms with Gasteiger partial charge in [-0.05, 0) is 36.7 Å². The zero-order valence-corrected chi connectivity index (χ0v) is 18.4. The van der Waals surface area contributed by atoms with Crippen LogP contribution in [0.1, 0.15) is 34.4 Å². The average molecular weight is 414 g/mol. The number of likely N-dealkylation sites (N-methyl/N-ethyl adjacent to an activating group) is 1. The van der Waals surface area contributed by atoms with Gasteiger partial charge in [-0.25, -0.2) is 0 Å². The van der Waals surface area contributed by atoms with E-state index in [1.807, 2.05) is 6.92 Å². The number of nitrogens with zero attached hydrogens (tertiary/aromatic N) is 2. The molecule has 1 atom stereocenters. The number of benzene rings is 1. The van der Waals surface area contributed by atoms with E-state index >= 15 is 0 Å². The summed E-state index contributed by atoms with van der Waals surface area (Å²) in [5.74, 6) is 0.290. The standard InChI is InChI=1S/C19H22ClN3S.C4H6/c1-12(22-2)16(9-21)13-6-4-5-7-14(13)17-10-23(3)11-18-15(17)8-19(20)24-18;1-3-4-2/h4-9,17H,10-11,21H2,1-3H3;3-4H,1-2H2/b16-9+,22-12?;. The van der Waals surface area contributed by atoms with E-state index in [9.17, 15) is 0 Å². The molecular formula is C23H28ClN3S. The lowest BCUT2D eigenvalue weighted by molar-refractivity contribution is 0.299. The highest BCUT2D eigenvalue weighted by Gasteiger charge is 2.29. The summed E-state index contributed by atoms with van der Waals surface area (Å²) in [5, 5.41) is 0. The largest absolute Gasteiger partial charge is 0.404 e. The molecule has 0 bridgehead atoms. The van der Waals surface area contributed by atoms with Crippen molar-refractivity contribution in [2.45, 2.75) is 19.4 Å². The Balaban J connectivity index is 0.000000640. The summed E-state index contributed by atoms with van der Waals surface area (Å²) in [6.07, 6.45) is 4.94. The molecule has 1 aliphatic rings. The second-order valence-electron chi connectivity index (χ2n) is 6.63. The van der Waals surface area contributed by atoms with Gasteiger partial charge in [0.15, 0.2) is 0 Å². The maximum absolute atomic E-state index is 6.30. The van der Waals surface area contributed by atoms with Crippen LogP contribution in [0.4, 0.5) is 0 Å². The summed E-state index contributed by atoms with van der Waals surface area (Å²) < 4.78 is 0.860. The van der Waals surface area contributed by atoms with Gasteiger partial charge in [0.25, 0.3) is 0 Å². The minimum atomic E-state index is 0.290. The Labute approximate surface area is 177 Å². The van der Waals surface area contributed by atoms with Crippen LogP contribution < -0.4 is 5.73 Å². The predicted octanol–water partition coefficient (Wildman–Crippen LogP) is 5.73. The zero-order chi connectivity index (χ0) is 20.7. The van der Waals surface area contributed by atoms with Gasteiger partial charge in [-0.3, -0.25) is 4.99 Å². The molecule has 28 heavy (non-hydrogen) atoms. The lowest BCUT2D eigenvalue weighted by Crippen LogP contribution is -2.30. The Morgan fingerprint density at radius 1 is 1.29 bits per heavy atom. The summed E-state index contributed by atoms with van der Waals surface area (Å²) >= 11 is 7.99. The molecule has 1 aromatic heterocycles. The molecule has 0 saturated heterocycles. The predicted molar refractivity (Wildman–Crippen MR) is 126 cm³/mol. The summed E-state index contributed by atoms with van der Waals surface area (Å²) in [5.41, 5.74) is 11.6. The fourth-order valence-electron chi connectivity index (χ4n) is 3.38.